The van der Waals surface area contributed by atoms with Crippen LogP contribution in [-0.2, 0) is 6.42 Å². The van der Waals surface area contributed by atoms with E-state index in [1.807, 2.05) is 19.1 Å². The zero-order valence-electron chi connectivity index (χ0n) is 13.0. The second kappa shape index (κ2) is 7.00. The Morgan fingerprint density at radius 1 is 1.52 bits per heavy atom. The van der Waals surface area contributed by atoms with Crippen LogP contribution < -0.4 is 5.32 Å². The lowest BCUT2D eigenvalue weighted by Gasteiger charge is -2.31. The van der Waals surface area contributed by atoms with Crippen molar-refractivity contribution in [3.05, 3.63) is 41.0 Å². The van der Waals surface area contributed by atoms with E-state index in [0.29, 0.717) is 29.0 Å². The van der Waals surface area contributed by atoms with Gasteiger partial charge in [0.15, 0.2) is 5.82 Å². The molecule has 23 heavy (non-hydrogen) atoms. The number of benzene rings is 1. The van der Waals surface area contributed by atoms with Crippen molar-refractivity contribution >= 4 is 23.3 Å². The number of carbonyl (C=O) groups is 1. The van der Waals surface area contributed by atoms with E-state index in [4.69, 9.17) is 16.1 Å². The lowest BCUT2D eigenvalue weighted by Crippen LogP contribution is -2.41. The largest absolute Gasteiger partial charge is 0.339 e. The molecule has 1 aliphatic rings. The molecule has 2 amide bonds. The quantitative estimate of drug-likeness (QED) is 0.929. The molecule has 7 heteroatoms. The number of likely N-dealkylation sites (tertiary alicyclic amines) is 1. The fourth-order valence-electron chi connectivity index (χ4n) is 2.72. The number of nitrogens with zero attached hydrogens (tertiary/aromatic N) is 3. The highest BCUT2D eigenvalue weighted by atomic mass is 35.5. The van der Waals surface area contributed by atoms with E-state index in [9.17, 15) is 4.79 Å². The van der Waals surface area contributed by atoms with E-state index in [1.165, 1.54) is 0 Å². The number of amides is 2. The molecule has 2 heterocycles. The molecule has 1 N–H and O–H groups in total. The van der Waals surface area contributed by atoms with Crippen molar-refractivity contribution in [1.29, 1.82) is 0 Å². The molecule has 1 aliphatic heterocycles. The van der Waals surface area contributed by atoms with Crippen molar-refractivity contribution in [1.82, 2.24) is 15.0 Å². The maximum Gasteiger partial charge on any atom is 0.321 e. The molecule has 3 rings (SSSR count). The number of aromatic nitrogens is 2. The fourth-order valence-corrected chi connectivity index (χ4v) is 2.91. The number of anilines is 1. The third-order valence-electron chi connectivity index (χ3n) is 3.94. The van der Waals surface area contributed by atoms with Crippen molar-refractivity contribution in [3.63, 3.8) is 0 Å². The molecule has 1 aromatic heterocycles. The maximum absolute atomic E-state index is 12.4. The first-order valence-electron chi connectivity index (χ1n) is 7.79. The van der Waals surface area contributed by atoms with Gasteiger partial charge in [0.2, 0.25) is 5.89 Å². The fraction of sp³-hybridized carbons (Fsp3) is 0.438. The van der Waals surface area contributed by atoms with Gasteiger partial charge in [-0.15, -0.1) is 0 Å². The summed E-state index contributed by atoms with van der Waals surface area (Å²) in [6, 6.07) is 7.00. The summed E-state index contributed by atoms with van der Waals surface area (Å²) in [6.45, 7) is 3.29. The van der Waals surface area contributed by atoms with E-state index >= 15 is 0 Å². The summed E-state index contributed by atoms with van der Waals surface area (Å²) in [5.41, 5.74) is 0.692. The predicted octanol–water partition coefficient (Wildman–Crippen LogP) is 3.70. The molecular weight excluding hydrogens is 316 g/mol. The van der Waals surface area contributed by atoms with Gasteiger partial charge < -0.3 is 14.7 Å². The van der Waals surface area contributed by atoms with Gasteiger partial charge in [-0.25, -0.2) is 4.79 Å². The first kappa shape index (κ1) is 15.8. The van der Waals surface area contributed by atoms with Gasteiger partial charge in [-0.1, -0.05) is 29.7 Å². The Morgan fingerprint density at radius 3 is 3.13 bits per heavy atom. The average Bonchev–Trinajstić information content (AvgIpc) is 3.04. The Hall–Kier alpha value is -2.08. The number of hydrogen-bond acceptors (Lipinski definition) is 4. The number of hydrogen-bond donors (Lipinski definition) is 1. The summed E-state index contributed by atoms with van der Waals surface area (Å²) in [6.07, 6.45) is 2.60. The van der Waals surface area contributed by atoms with Crippen molar-refractivity contribution in [3.8, 4) is 0 Å². The summed E-state index contributed by atoms with van der Waals surface area (Å²) in [5.74, 6) is 1.46. The monoisotopic (exact) mass is 334 g/mol. The lowest BCUT2D eigenvalue weighted by atomic mass is 9.97. The minimum absolute atomic E-state index is 0.123. The van der Waals surface area contributed by atoms with Gasteiger partial charge in [-0.2, -0.15) is 4.98 Å². The van der Waals surface area contributed by atoms with Crippen LogP contribution in [0.5, 0.6) is 0 Å². The van der Waals surface area contributed by atoms with E-state index in [2.05, 4.69) is 15.5 Å². The maximum atomic E-state index is 12.4. The molecule has 0 aliphatic carbocycles. The van der Waals surface area contributed by atoms with Crippen molar-refractivity contribution in [2.45, 2.75) is 32.1 Å². The molecule has 0 saturated carbocycles. The number of carbonyl (C=O) groups excluding carboxylic acids is 1. The van der Waals surface area contributed by atoms with Crippen LogP contribution >= 0.6 is 11.6 Å². The Bertz CT molecular complexity index is 688. The predicted molar refractivity (Wildman–Crippen MR) is 87.7 cm³/mol. The van der Waals surface area contributed by atoms with Crippen molar-refractivity contribution in [2.75, 3.05) is 18.4 Å². The number of halogens is 1. The van der Waals surface area contributed by atoms with Gasteiger partial charge >= 0.3 is 6.03 Å². The Balaban J connectivity index is 1.64. The number of nitrogens with one attached hydrogen (secondary N) is 1. The molecule has 1 atom stereocenters. The van der Waals surface area contributed by atoms with Gasteiger partial charge in [0.05, 0.1) is 0 Å². The summed E-state index contributed by atoms with van der Waals surface area (Å²) >= 11 is 5.94. The molecule has 1 unspecified atom stereocenters. The van der Waals surface area contributed by atoms with Crippen molar-refractivity contribution in [2.24, 2.45) is 0 Å². The molecule has 122 valence electrons. The zero-order chi connectivity index (χ0) is 16.2. The molecule has 0 bridgehead atoms. The number of piperidine rings is 1. The first-order chi connectivity index (χ1) is 11.2. The van der Waals surface area contributed by atoms with Gasteiger partial charge in [0.25, 0.3) is 0 Å². The van der Waals surface area contributed by atoms with E-state index < -0.39 is 0 Å². The Labute approximate surface area is 139 Å². The first-order valence-corrected chi connectivity index (χ1v) is 8.17. The van der Waals surface area contributed by atoms with E-state index in [1.54, 1.807) is 17.0 Å². The molecule has 0 radical (unpaired) electrons. The van der Waals surface area contributed by atoms with Crippen LogP contribution in [-0.4, -0.2) is 34.2 Å². The van der Waals surface area contributed by atoms with Crippen molar-refractivity contribution < 1.29 is 9.32 Å². The third kappa shape index (κ3) is 3.82. The highest BCUT2D eigenvalue weighted by Crippen LogP contribution is 2.25. The minimum Gasteiger partial charge on any atom is -0.339 e. The van der Waals surface area contributed by atoms with Crippen LogP contribution in [0.25, 0.3) is 0 Å². The van der Waals surface area contributed by atoms with Crippen LogP contribution in [0.2, 0.25) is 5.02 Å². The topological polar surface area (TPSA) is 71.3 Å². The molecule has 2 aromatic rings. The van der Waals surface area contributed by atoms with E-state index in [0.717, 1.165) is 25.8 Å². The third-order valence-corrected chi connectivity index (χ3v) is 4.17. The van der Waals surface area contributed by atoms with E-state index in [-0.39, 0.29) is 11.9 Å². The number of urea groups is 1. The Morgan fingerprint density at radius 2 is 2.39 bits per heavy atom. The Kier molecular flexibility index (Phi) is 4.81. The van der Waals surface area contributed by atoms with Gasteiger partial charge in [0, 0.05) is 36.1 Å². The molecule has 1 aromatic carbocycles. The zero-order valence-corrected chi connectivity index (χ0v) is 13.7. The summed E-state index contributed by atoms with van der Waals surface area (Å²) < 4.78 is 5.18. The lowest BCUT2D eigenvalue weighted by molar-refractivity contribution is 0.190. The second-order valence-corrected chi connectivity index (χ2v) is 6.06. The van der Waals surface area contributed by atoms with Gasteiger partial charge in [-0.05, 0) is 31.0 Å². The average molecular weight is 335 g/mol. The van der Waals surface area contributed by atoms with Gasteiger partial charge in [0.1, 0.15) is 0 Å². The number of rotatable bonds is 3. The van der Waals surface area contributed by atoms with Crippen LogP contribution in [0, 0.1) is 0 Å². The second-order valence-electron chi connectivity index (χ2n) is 5.63. The summed E-state index contributed by atoms with van der Waals surface area (Å²) in [5, 5.41) is 7.51. The molecule has 6 nitrogen and oxygen atoms in total. The summed E-state index contributed by atoms with van der Waals surface area (Å²) in [4.78, 5) is 18.6. The van der Waals surface area contributed by atoms with Crippen LogP contribution in [0.3, 0.4) is 0 Å². The highest BCUT2D eigenvalue weighted by molar-refractivity contribution is 6.30. The number of aryl methyl sites for hydroxylation is 1. The summed E-state index contributed by atoms with van der Waals surface area (Å²) in [7, 11) is 0. The van der Waals surface area contributed by atoms with Crippen LogP contribution in [0.4, 0.5) is 10.5 Å². The molecule has 0 spiro atoms. The van der Waals surface area contributed by atoms with Gasteiger partial charge in [-0.3, -0.25) is 0 Å². The minimum atomic E-state index is -0.129. The molecule has 1 fully saturated rings. The smallest absolute Gasteiger partial charge is 0.321 e. The van der Waals surface area contributed by atoms with Crippen LogP contribution in [0.15, 0.2) is 28.8 Å². The highest BCUT2D eigenvalue weighted by Gasteiger charge is 2.28. The standard InChI is InChI=1S/C16H19ClN4O2/c1-2-14-19-15(20-23-14)11-5-4-8-21(10-11)16(22)18-13-7-3-6-12(17)9-13/h3,6-7,9,11H,2,4-5,8,10H2,1H3,(H,18,22). The van der Waals surface area contributed by atoms with Crippen LogP contribution in [0.1, 0.15) is 37.4 Å². The normalized spacial score (nSPS) is 18.0. The SMILES string of the molecule is CCc1nc(C2CCCN(C(=O)Nc3cccc(Cl)c3)C2)no1. The molecule has 1 saturated heterocycles. The molecular formula is C16H19ClN4O2.